The van der Waals surface area contributed by atoms with Gasteiger partial charge < -0.3 is 9.47 Å². The first-order valence-electron chi connectivity index (χ1n) is 13.0. The van der Waals surface area contributed by atoms with Gasteiger partial charge in [-0.15, -0.1) is 0 Å². The Bertz CT molecular complexity index is 836. The van der Waals surface area contributed by atoms with Gasteiger partial charge in [0.15, 0.2) is 0 Å². The predicted octanol–water partition coefficient (Wildman–Crippen LogP) is 6.83. The second-order valence-electron chi connectivity index (χ2n) is 9.82. The van der Waals surface area contributed by atoms with Gasteiger partial charge in [0.25, 0.3) is 0 Å². The van der Waals surface area contributed by atoms with E-state index in [-0.39, 0.29) is 5.92 Å². The second-order valence-corrected chi connectivity index (χ2v) is 9.82. The number of aromatic nitrogens is 2. The SMILES string of the molecule is CCCCCCCCCCCn1c(C2CC(=O)N(C3CCCC3)C2)nc2ccccc21. The first-order chi connectivity index (χ1) is 15.3. The maximum absolute atomic E-state index is 12.8. The summed E-state index contributed by atoms with van der Waals surface area (Å²) in [6, 6.07) is 8.99. The Kier molecular flexibility index (Phi) is 8.04. The van der Waals surface area contributed by atoms with Crippen LogP contribution in [0.2, 0.25) is 0 Å². The Morgan fingerprint density at radius 2 is 1.61 bits per heavy atom. The molecule has 2 heterocycles. The number of rotatable bonds is 12. The molecule has 1 saturated heterocycles. The van der Waals surface area contributed by atoms with Gasteiger partial charge in [0.1, 0.15) is 5.82 Å². The summed E-state index contributed by atoms with van der Waals surface area (Å²) in [4.78, 5) is 20.0. The molecule has 0 bridgehead atoms. The lowest BCUT2D eigenvalue weighted by atomic mass is 10.1. The molecule has 1 aliphatic heterocycles. The van der Waals surface area contributed by atoms with Gasteiger partial charge in [-0.2, -0.15) is 0 Å². The fourth-order valence-electron chi connectivity index (χ4n) is 5.69. The lowest BCUT2D eigenvalue weighted by Gasteiger charge is -2.24. The van der Waals surface area contributed by atoms with Crippen LogP contribution in [0.1, 0.15) is 109 Å². The zero-order chi connectivity index (χ0) is 21.5. The van der Waals surface area contributed by atoms with Crippen molar-refractivity contribution in [1.82, 2.24) is 14.5 Å². The van der Waals surface area contributed by atoms with E-state index in [1.165, 1.54) is 89.0 Å². The van der Waals surface area contributed by atoms with Crippen LogP contribution in [0.4, 0.5) is 0 Å². The molecule has 2 aromatic rings. The Morgan fingerprint density at radius 3 is 2.35 bits per heavy atom. The van der Waals surface area contributed by atoms with Crippen LogP contribution < -0.4 is 0 Å². The molecule has 2 aliphatic rings. The van der Waals surface area contributed by atoms with Crippen molar-refractivity contribution in [2.75, 3.05) is 6.54 Å². The van der Waals surface area contributed by atoms with Crippen molar-refractivity contribution < 1.29 is 4.79 Å². The first kappa shape index (κ1) is 22.4. The molecular weight excluding hydrogens is 382 g/mol. The second kappa shape index (κ2) is 11.2. The van der Waals surface area contributed by atoms with Crippen LogP contribution in [0.5, 0.6) is 0 Å². The molecule has 4 rings (SSSR count). The maximum atomic E-state index is 12.8. The number of hydrogen-bond acceptors (Lipinski definition) is 2. The summed E-state index contributed by atoms with van der Waals surface area (Å²) in [7, 11) is 0. The van der Waals surface area contributed by atoms with Crippen LogP contribution in [0.3, 0.4) is 0 Å². The van der Waals surface area contributed by atoms with E-state index in [4.69, 9.17) is 4.98 Å². The number of benzene rings is 1. The number of fused-ring (bicyclic) bond motifs is 1. The Labute approximate surface area is 188 Å². The van der Waals surface area contributed by atoms with Crippen molar-refractivity contribution in [3.8, 4) is 0 Å². The third kappa shape index (κ3) is 5.51. The van der Waals surface area contributed by atoms with E-state index in [0.29, 0.717) is 18.4 Å². The highest BCUT2D eigenvalue weighted by Crippen LogP contribution is 2.35. The number of carbonyl (C=O) groups excluding carboxylic acids is 1. The zero-order valence-corrected chi connectivity index (χ0v) is 19.5. The Morgan fingerprint density at radius 1 is 0.935 bits per heavy atom. The van der Waals surface area contributed by atoms with E-state index >= 15 is 0 Å². The lowest BCUT2D eigenvalue weighted by molar-refractivity contribution is -0.129. The topological polar surface area (TPSA) is 38.1 Å². The highest BCUT2D eigenvalue weighted by atomic mass is 16.2. The third-order valence-corrected chi connectivity index (χ3v) is 7.46. The van der Waals surface area contributed by atoms with Crippen molar-refractivity contribution in [3.05, 3.63) is 30.1 Å². The normalized spacial score (nSPS) is 19.8. The number of nitrogens with zero attached hydrogens (tertiary/aromatic N) is 3. The molecule has 1 saturated carbocycles. The van der Waals surface area contributed by atoms with Crippen LogP contribution in [-0.4, -0.2) is 32.9 Å². The molecule has 4 nitrogen and oxygen atoms in total. The summed E-state index contributed by atoms with van der Waals surface area (Å²) in [5, 5.41) is 0. The van der Waals surface area contributed by atoms with E-state index in [1.807, 2.05) is 0 Å². The number of likely N-dealkylation sites (tertiary alicyclic amines) is 1. The predicted molar refractivity (Wildman–Crippen MR) is 128 cm³/mol. The van der Waals surface area contributed by atoms with Crippen molar-refractivity contribution in [3.63, 3.8) is 0 Å². The average molecular weight is 424 g/mol. The molecular formula is C27H41N3O. The van der Waals surface area contributed by atoms with Gasteiger partial charge in [0.2, 0.25) is 5.91 Å². The molecule has 2 fully saturated rings. The van der Waals surface area contributed by atoms with Gasteiger partial charge in [0.05, 0.1) is 11.0 Å². The van der Waals surface area contributed by atoms with Crippen molar-refractivity contribution in [1.29, 1.82) is 0 Å². The summed E-state index contributed by atoms with van der Waals surface area (Å²) >= 11 is 0. The van der Waals surface area contributed by atoms with E-state index in [0.717, 1.165) is 24.4 Å². The highest BCUT2D eigenvalue weighted by Gasteiger charge is 2.38. The smallest absolute Gasteiger partial charge is 0.223 e. The first-order valence-corrected chi connectivity index (χ1v) is 13.0. The van der Waals surface area contributed by atoms with E-state index in [2.05, 4.69) is 40.7 Å². The summed E-state index contributed by atoms with van der Waals surface area (Å²) in [5.74, 6) is 1.74. The molecule has 1 aromatic heterocycles. The fraction of sp³-hybridized carbons (Fsp3) is 0.704. The monoisotopic (exact) mass is 423 g/mol. The molecule has 1 atom stereocenters. The van der Waals surface area contributed by atoms with Gasteiger partial charge in [0, 0.05) is 31.5 Å². The quantitative estimate of drug-likeness (QED) is 0.351. The zero-order valence-electron chi connectivity index (χ0n) is 19.5. The molecule has 0 spiro atoms. The molecule has 170 valence electrons. The summed E-state index contributed by atoms with van der Waals surface area (Å²) < 4.78 is 2.44. The molecule has 1 amide bonds. The highest BCUT2D eigenvalue weighted by molar-refractivity contribution is 5.81. The number of carbonyl (C=O) groups is 1. The number of amides is 1. The molecule has 1 aromatic carbocycles. The van der Waals surface area contributed by atoms with Crippen LogP contribution in [-0.2, 0) is 11.3 Å². The molecule has 1 aliphatic carbocycles. The van der Waals surface area contributed by atoms with E-state index in [9.17, 15) is 4.79 Å². The number of imidazole rings is 1. The third-order valence-electron chi connectivity index (χ3n) is 7.46. The number of aryl methyl sites for hydroxylation is 1. The van der Waals surface area contributed by atoms with Crippen molar-refractivity contribution in [2.24, 2.45) is 0 Å². The molecule has 0 radical (unpaired) electrons. The van der Waals surface area contributed by atoms with Gasteiger partial charge in [-0.3, -0.25) is 4.79 Å². The average Bonchev–Trinajstić information content (AvgIpc) is 3.51. The Hall–Kier alpha value is -1.84. The summed E-state index contributed by atoms with van der Waals surface area (Å²) in [5.41, 5.74) is 2.32. The fourth-order valence-corrected chi connectivity index (χ4v) is 5.69. The van der Waals surface area contributed by atoms with E-state index < -0.39 is 0 Å². The van der Waals surface area contributed by atoms with Gasteiger partial charge in [-0.1, -0.05) is 83.3 Å². The summed E-state index contributed by atoms with van der Waals surface area (Å²) in [6.07, 6.45) is 17.7. The van der Waals surface area contributed by atoms with Gasteiger partial charge >= 0.3 is 0 Å². The molecule has 31 heavy (non-hydrogen) atoms. The van der Waals surface area contributed by atoms with Gasteiger partial charge in [-0.25, -0.2) is 4.98 Å². The minimum atomic E-state index is 0.249. The van der Waals surface area contributed by atoms with Crippen LogP contribution in [0.25, 0.3) is 11.0 Å². The molecule has 4 heteroatoms. The standard InChI is InChI=1S/C27H41N3O/c1-2-3-4-5-6-7-8-9-14-19-29-25-18-13-12-17-24(25)28-27(29)22-20-26(31)30(21-22)23-15-10-11-16-23/h12-13,17-18,22-23H,2-11,14-16,19-21H2,1H3. The van der Waals surface area contributed by atoms with Crippen LogP contribution in [0, 0.1) is 0 Å². The number of unbranched alkanes of at least 4 members (excludes halogenated alkanes) is 8. The minimum absolute atomic E-state index is 0.249. The minimum Gasteiger partial charge on any atom is -0.339 e. The largest absolute Gasteiger partial charge is 0.339 e. The van der Waals surface area contributed by atoms with Crippen LogP contribution in [0.15, 0.2) is 24.3 Å². The maximum Gasteiger partial charge on any atom is 0.223 e. The number of para-hydroxylation sites is 2. The van der Waals surface area contributed by atoms with Crippen molar-refractivity contribution in [2.45, 2.75) is 115 Å². The number of hydrogen-bond donors (Lipinski definition) is 0. The lowest BCUT2D eigenvalue weighted by Crippen LogP contribution is -2.34. The van der Waals surface area contributed by atoms with Gasteiger partial charge in [-0.05, 0) is 31.4 Å². The Balaban J connectivity index is 1.36. The van der Waals surface area contributed by atoms with Crippen LogP contribution >= 0.6 is 0 Å². The molecule has 1 unspecified atom stereocenters. The summed E-state index contributed by atoms with van der Waals surface area (Å²) in [6.45, 7) is 4.17. The molecule has 0 N–H and O–H groups in total. The van der Waals surface area contributed by atoms with E-state index in [1.54, 1.807) is 0 Å². The van der Waals surface area contributed by atoms with Crippen molar-refractivity contribution >= 4 is 16.9 Å².